The van der Waals surface area contributed by atoms with Crippen LogP contribution in [-0.4, -0.2) is 11.8 Å². The molecule has 1 saturated carbocycles. The number of hydrogen-bond donors (Lipinski definition) is 2. The normalized spacial score (nSPS) is 19.0. The van der Waals surface area contributed by atoms with Gasteiger partial charge in [-0.05, 0) is 18.8 Å². The van der Waals surface area contributed by atoms with Crippen molar-refractivity contribution in [1.29, 1.82) is 10.8 Å². The summed E-state index contributed by atoms with van der Waals surface area (Å²) in [6, 6.07) is 0. The van der Waals surface area contributed by atoms with E-state index in [9.17, 15) is 0 Å². The van der Waals surface area contributed by atoms with Gasteiger partial charge in [0.05, 0.1) is 0 Å². The fraction of sp³-hybridized carbons (Fsp3) is 0.778. The Bertz CT molecular complexity index is 217. The summed E-state index contributed by atoms with van der Waals surface area (Å²) in [6.07, 6.45) is 2.08. The van der Waals surface area contributed by atoms with Crippen LogP contribution < -0.4 is 0 Å². The van der Waals surface area contributed by atoms with Crippen molar-refractivity contribution in [2.24, 2.45) is 11.3 Å². The van der Waals surface area contributed by atoms with E-state index in [1.807, 2.05) is 0 Å². The highest BCUT2D eigenvalue weighted by molar-refractivity contribution is 5.92. The number of hydrogen-bond acceptors (Lipinski definition) is 3. The third kappa shape index (κ3) is 1.49. The molecule has 68 valence electrons. The molecular formula is C9H16N2O. The Hall–Kier alpha value is -0.860. The molecule has 1 fully saturated rings. The highest BCUT2D eigenvalue weighted by Gasteiger charge is 2.51. The zero-order valence-electron chi connectivity index (χ0n) is 7.90. The van der Waals surface area contributed by atoms with Gasteiger partial charge in [0.1, 0.15) is 0 Å². The Kier molecular flexibility index (Phi) is 2.22. The lowest BCUT2D eigenvalue weighted by Gasteiger charge is -2.19. The molecule has 0 heterocycles. The predicted octanol–water partition coefficient (Wildman–Crippen LogP) is 2.41. The Balaban J connectivity index is 2.58. The molecular weight excluding hydrogens is 152 g/mol. The van der Waals surface area contributed by atoms with Gasteiger partial charge in [0.25, 0.3) is 0 Å². The summed E-state index contributed by atoms with van der Waals surface area (Å²) in [5, 5.41) is 14.8. The van der Waals surface area contributed by atoms with E-state index in [0.29, 0.717) is 5.92 Å². The van der Waals surface area contributed by atoms with E-state index >= 15 is 0 Å². The molecule has 3 nitrogen and oxygen atoms in total. The van der Waals surface area contributed by atoms with Crippen LogP contribution in [0, 0.1) is 22.2 Å². The number of nitrogens with one attached hydrogen (secondary N) is 2. The monoisotopic (exact) mass is 168 g/mol. The number of rotatable bonds is 2. The summed E-state index contributed by atoms with van der Waals surface area (Å²) < 4.78 is 5.01. The lowest BCUT2D eigenvalue weighted by molar-refractivity contribution is 0.384. The molecule has 0 unspecified atom stereocenters. The third-order valence-electron chi connectivity index (χ3n) is 2.60. The van der Waals surface area contributed by atoms with Crippen LogP contribution in [0.2, 0.25) is 0 Å². The van der Waals surface area contributed by atoms with Crippen molar-refractivity contribution in [1.82, 2.24) is 0 Å². The first-order chi connectivity index (χ1) is 5.49. The molecule has 3 heteroatoms. The quantitative estimate of drug-likeness (QED) is 0.482. The molecule has 0 radical (unpaired) electrons. The fourth-order valence-electron chi connectivity index (χ4n) is 1.46. The van der Waals surface area contributed by atoms with Gasteiger partial charge >= 0.3 is 0 Å². The SMILES string of the molecule is CC(=N)OC(=N)C1(C(C)C)CC1. The average Bonchev–Trinajstić information content (AvgIpc) is 2.63. The van der Waals surface area contributed by atoms with Gasteiger partial charge in [-0.15, -0.1) is 0 Å². The van der Waals surface area contributed by atoms with Crippen molar-refractivity contribution >= 4 is 11.8 Å². The van der Waals surface area contributed by atoms with Crippen molar-refractivity contribution < 1.29 is 4.74 Å². The molecule has 0 amide bonds. The zero-order valence-corrected chi connectivity index (χ0v) is 7.90. The average molecular weight is 168 g/mol. The van der Waals surface area contributed by atoms with Gasteiger partial charge in [-0.3, -0.25) is 10.8 Å². The Morgan fingerprint density at radius 2 is 1.83 bits per heavy atom. The summed E-state index contributed by atoms with van der Waals surface area (Å²) in [5.41, 5.74) is -0.0394. The van der Waals surface area contributed by atoms with Gasteiger partial charge in [0.15, 0.2) is 11.8 Å². The van der Waals surface area contributed by atoms with E-state index in [1.54, 1.807) is 6.92 Å². The minimum absolute atomic E-state index is 0.0394. The Morgan fingerprint density at radius 3 is 2.08 bits per heavy atom. The van der Waals surface area contributed by atoms with E-state index in [2.05, 4.69) is 13.8 Å². The smallest absolute Gasteiger partial charge is 0.195 e. The summed E-state index contributed by atoms with van der Waals surface area (Å²) in [5.74, 6) is 0.848. The van der Waals surface area contributed by atoms with Gasteiger partial charge in [-0.1, -0.05) is 13.8 Å². The molecule has 1 aliphatic rings. The molecule has 0 bridgehead atoms. The van der Waals surface area contributed by atoms with E-state index in [4.69, 9.17) is 15.6 Å². The van der Waals surface area contributed by atoms with E-state index in [1.165, 1.54) is 0 Å². The van der Waals surface area contributed by atoms with E-state index in [-0.39, 0.29) is 17.2 Å². The molecule has 0 spiro atoms. The molecule has 0 atom stereocenters. The van der Waals surface area contributed by atoms with Crippen LogP contribution in [-0.2, 0) is 4.74 Å². The standard InChI is InChI=1S/C9H16N2O/c1-6(2)9(4-5-9)8(11)12-7(3)10/h6,10-11H,4-5H2,1-3H3. The maximum atomic E-state index is 7.65. The van der Waals surface area contributed by atoms with Crippen LogP contribution in [0.4, 0.5) is 0 Å². The van der Waals surface area contributed by atoms with Crippen molar-refractivity contribution in [3.05, 3.63) is 0 Å². The van der Waals surface area contributed by atoms with Gasteiger partial charge in [-0.2, -0.15) is 0 Å². The van der Waals surface area contributed by atoms with Crippen LogP contribution in [0.15, 0.2) is 0 Å². The second-order valence-corrected chi connectivity index (χ2v) is 3.80. The zero-order chi connectivity index (χ0) is 9.35. The second-order valence-electron chi connectivity index (χ2n) is 3.80. The molecule has 2 N–H and O–H groups in total. The first-order valence-electron chi connectivity index (χ1n) is 4.31. The second kappa shape index (κ2) is 2.88. The minimum Gasteiger partial charge on any atom is -0.430 e. The van der Waals surface area contributed by atoms with Crippen LogP contribution in [0.5, 0.6) is 0 Å². The summed E-state index contributed by atoms with van der Waals surface area (Å²) in [7, 11) is 0. The Morgan fingerprint density at radius 1 is 1.33 bits per heavy atom. The molecule has 0 aromatic rings. The highest BCUT2D eigenvalue weighted by Crippen LogP contribution is 2.52. The van der Waals surface area contributed by atoms with Gasteiger partial charge in [0.2, 0.25) is 0 Å². The summed E-state index contributed by atoms with van der Waals surface area (Å²) in [4.78, 5) is 0. The van der Waals surface area contributed by atoms with E-state index in [0.717, 1.165) is 12.8 Å². The van der Waals surface area contributed by atoms with Crippen molar-refractivity contribution in [2.75, 3.05) is 0 Å². The fourth-order valence-corrected chi connectivity index (χ4v) is 1.46. The van der Waals surface area contributed by atoms with Crippen molar-refractivity contribution in [2.45, 2.75) is 33.6 Å². The highest BCUT2D eigenvalue weighted by atomic mass is 16.5. The van der Waals surface area contributed by atoms with Gasteiger partial charge in [-0.25, -0.2) is 0 Å². The third-order valence-corrected chi connectivity index (χ3v) is 2.60. The minimum atomic E-state index is -0.0394. The molecule has 0 aliphatic heterocycles. The Labute approximate surface area is 73.1 Å². The maximum absolute atomic E-state index is 7.65. The van der Waals surface area contributed by atoms with E-state index < -0.39 is 0 Å². The van der Waals surface area contributed by atoms with Crippen molar-refractivity contribution in [3.8, 4) is 0 Å². The summed E-state index contributed by atoms with van der Waals surface area (Å²) >= 11 is 0. The van der Waals surface area contributed by atoms with Crippen LogP contribution in [0.25, 0.3) is 0 Å². The molecule has 0 aromatic carbocycles. The molecule has 12 heavy (non-hydrogen) atoms. The predicted molar refractivity (Wildman–Crippen MR) is 48.7 cm³/mol. The lowest BCUT2D eigenvalue weighted by atomic mass is 9.92. The summed E-state index contributed by atoms with van der Waals surface area (Å²) in [6.45, 7) is 5.76. The molecule has 0 saturated heterocycles. The van der Waals surface area contributed by atoms with Crippen LogP contribution >= 0.6 is 0 Å². The lowest BCUT2D eigenvalue weighted by Crippen LogP contribution is -2.25. The van der Waals surface area contributed by atoms with Crippen molar-refractivity contribution in [3.63, 3.8) is 0 Å². The number of ether oxygens (including phenoxy) is 1. The topological polar surface area (TPSA) is 56.9 Å². The first-order valence-corrected chi connectivity index (χ1v) is 4.31. The van der Waals surface area contributed by atoms with Crippen LogP contribution in [0.3, 0.4) is 0 Å². The molecule has 1 rings (SSSR count). The first kappa shape index (κ1) is 9.23. The molecule has 1 aliphatic carbocycles. The maximum Gasteiger partial charge on any atom is 0.195 e. The molecule has 0 aromatic heterocycles. The largest absolute Gasteiger partial charge is 0.430 e. The van der Waals surface area contributed by atoms with Crippen LogP contribution in [0.1, 0.15) is 33.6 Å². The van der Waals surface area contributed by atoms with Gasteiger partial charge < -0.3 is 4.74 Å². The van der Waals surface area contributed by atoms with Gasteiger partial charge in [0, 0.05) is 12.3 Å².